The van der Waals surface area contributed by atoms with Crippen LogP contribution < -0.4 is 5.32 Å². The number of aliphatic hydroxyl groups is 1. The SMILES string of the molecule is CC(OC(=O)Nc1c(-c2cc3sc(-c4ccc(C5(CO)CC5)cc4)cc3s2)cnn1C)c1ccccc1. The fourth-order valence-corrected chi connectivity index (χ4v) is 7.05. The lowest BCUT2D eigenvalue weighted by Gasteiger charge is -2.14. The largest absolute Gasteiger partial charge is 0.441 e. The number of aryl methyl sites for hydroxylation is 1. The van der Waals surface area contributed by atoms with Gasteiger partial charge in [-0.25, -0.2) is 4.79 Å². The highest BCUT2D eigenvalue weighted by molar-refractivity contribution is 7.31. The van der Waals surface area contributed by atoms with Gasteiger partial charge in [0, 0.05) is 31.6 Å². The van der Waals surface area contributed by atoms with Gasteiger partial charge in [0.15, 0.2) is 0 Å². The van der Waals surface area contributed by atoms with Crippen molar-refractivity contribution in [3.63, 3.8) is 0 Å². The zero-order valence-corrected chi connectivity index (χ0v) is 22.2. The van der Waals surface area contributed by atoms with Gasteiger partial charge in [-0.2, -0.15) is 5.10 Å². The number of benzene rings is 2. The summed E-state index contributed by atoms with van der Waals surface area (Å²) in [7, 11) is 1.81. The highest BCUT2D eigenvalue weighted by atomic mass is 32.1. The van der Waals surface area contributed by atoms with E-state index in [-0.39, 0.29) is 18.1 Å². The third-order valence-corrected chi connectivity index (χ3v) is 9.50. The normalized spacial score (nSPS) is 15.0. The Hall–Kier alpha value is -3.46. The first kappa shape index (κ1) is 23.9. The van der Waals surface area contributed by atoms with Crippen LogP contribution in [0.2, 0.25) is 0 Å². The minimum Gasteiger partial charge on any atom is -0.441 e. The van der Waals surface area contributed by atoms with Crippen LogP contribution in [-0.2, 0) is 17.2 Å². The molecule has 1 atom stereocenters. The smallest absolute Gasteiger partial charge is 0.413 e. The number of aliphatic hydroxyl groups excluding tert-OH is 1. The molecule has 0 spiro atoms. The van der Waals surface area contributed by atoms with Crippen molar-refractivity contribution >= 4 is 44.0 Å². The lowest BCUT2D eigenvalue weighted by Crippen LogP contribution is -2.18. The molecule has 3 heterocycles. The van der Waals surface area contributed by atoms with Crippen LogP contribution >= 0.6 is 22.7 Å². The predicted octanol–water partition coefficient (Wildman–Crippen LogP) is 7.36. The van der Waals surface area contributed by atoms with Gasteiger partial charge in [-0.15, -0.1) is 22.7 Å². The number of carbonyl (C=O) groups is 1. The summed E-state index contributed by atoms with van der Waals surface area (Å²) < 4.78 is 9.66. The molecule has 1 saturated carbocycles. The van der Waals surface area contributed by atoms with Gasteiger partial charge >= 0.3 is 6.09 Å². The van der Waals surface area contributed by atoms with Gasteiger partial charge in [-0.1, -0.05) is 54.6 Å². The summed E-state index contributed by atoms with van der Waals surface area (Å²) in [5.74, 6) is 0.605. The number of aromatic nitrogens is 2. The first-order valence-electron chi connectivity index (χ1n) is 12.3. The van der Waals surface area contributed by atoms with Gasteiger partial charge in [0.25, 0.3) is 0 Å². The second kappa shape index (κ2) is 9.45. The van der Waals surface area contributed by atoms with Crippen molar-refractivity contribution in [2.24, 2.45) is 7.05 Å². The predicted molar refractivity (Wildman–Crippen MR) is 150 cm³/mol. The molecule has 2 N–H and O–H groups in total. The van der Waals surface area contributed by atoms with E-state index < -0.39 is 6.09 Å². The van der Waals surface area contributed by atoms with Crippen molar-refractivity contribution in [2.75, 3.05) is 11.9 Å². The molecule has 6 nitrogen and oxygen atoms in total. The molecule has 0 bridgehead atoms. The third kappa shape index (κ3) is 4.56. The number of hydrogen-bond acceptors (Lipinski definition) is 6. The Balaban J connectivity index is 1.20. The molecular formula is C29H27N3O3S2. The van der Waals surface area contributed by atoms with Crippen LogP contribution in [0.4, 0.5) is 10.6 Å². The van der Waals surface area contributed by atoms with E-state index in [0.717, 1.165) is 28.8 Å². The van der Waals surface area contributed by atoms with Gasteiger partial charge in [-0.05, 0) is 48.6 Å². The zero-order valence-electron chi connectivity index (χ0n) is 20.6. The summed E-state index contributed by atoms with van der Waals surface area (Å²) in [6.45, 7) is 2.08. The number of ether oxygens (including phenoxy) is 1. The van der Waals surface area contributed by atoms with Crippen molar-refractivity contribution in [1.82, 2.24) is 9.78 Å². The topological polar surface area (TPSA) is 76.4 Å². The number of amides is 1. The van der Waals surface area contributed by atoms with Crippen molar-refractivity contribution < 1.29 is 14.6 Å². The van der Waals surface area contributed by atoms with Crippen LogP contribution in [0, 0.1) is 0 Å². The van der Waals surface area contributed by atoms with Gasteiger partial charge in [0.05, 0.1) is 18.4 Å². The fourth-order valence-electron chi connectivity index (χ4n) is 4.63. The van der Waals surface area contributed by atoms with Crippen molar-refractivity contribution in [2.45, 2.75) is 31.3 Å². The van der Waals surface area contributed by atoms with E-state index in [1.807, 2.05) is 37.3 Å². The molecule has 0 saturated heterocycles. The Morgan fingerprint density at radius 1 is 1.08 bits per heavy atom. The standard InChI is InChI=1S/C29H27N3O3S2/c1-18(19-6-4-3-5-7-19)35-28(34)31-27-22(16-30-32(27)2)24-15-26-25(37-24)14-23(36-26)20-8-10-21(11-9-20)29(17-33)12-13-29/h3-11,14-16,18,33H,12-13,17H2,1-2H3,(H,31,34). The molecule has 5 aromatic rings. The van der Waals surface area contributed by atoms with E-state index >= 15 is 0 Å². The lowest BCUT2D eigenvalue weighted by atomic mass is 9.96. The first-order chi connectivity index (χ1) is 18.0. The number of hydrogen-bond donors (Lipinski definition) is 2. The molecule has 1 amide bonds. The first-order valence-corrected chi connectivity index (χ1v) is 13.9. The summed E-state index contributed by atoms with van der Waals surface area (Å²) >= 11 is 3.44. The molecule has 188 valence electrons. The Morgan fingerprint density at radius 2 is 1.76 bits per heavy atom. The third-order valence-electron chi connectivity index (χ3n) is 7.12. The molecule has 1 aliphatic carbocycles. The number of fused-ring (bicyclic) bond motifs is 1. The Bertz CT molecular complexity index is 1530. The number of rotatable bonds is 7. The van der Waals surface area contributed by atoms with Crippen molar-refractivity contribution in [1.29, 1.82) is 0 Å². The minimum absolute atomic E-state index is 0.00923. The minimum atomic E-state index is -0.514. The van der Waals surface area contributed by atoms with Crippen molar-refractivity contribution in [3.8, 4) is 20.9 Å². The van der Waals surface area contributed by atoms with Crippen LogP contribution in [0.1, 0.15) is 37.0 Å². The van der Waals surface area contributed by atoms with Crippen LogP contribution in [0.25, 0.3) is 30.3 Å². The summed E-state index contributed by atoms with van der Waals surface area (Å²) in [5.41, 5.74) is 4.21. The zero-order chi connectivity index (χ0) is 25.6. The van der Waals surface area contributed by atoms with E-state index in [0.29, 0.717) is 5.82 Å². The van der Waals surface area contributed by atoms with Crippen LogP contribution in [-0.4, -0.2) is 27.6 Å². The van der Waals surface area contributed by atoms with E-state index in [1.165, 1.54) is 25.4 Å². The average Bonchev–Trinajstić information content (AvgIpc) is 3.28. The average molecular weight is 530 g/mol. The van der Waals surface area contributed by atoms with Gasteiger partial charge in [0.2, 0.25) is 0 Å². The van der Waals surface area contributed by atoms with E-state index in [9.17, 15) is 9.90 Å². The number of thiophene rings is 2. The molecule has 6 rings (SSSR count). The molecule has 37 heavy (non-hydrogen) atoms. The quantitative estimate of drug-likeness (QED) is 0.231. The Kier molecular flexibility index (Phi) is 6.10. The van der Waals surface area contributed by atoms with Crippen LogP contribution in [0.15, 0.2) is 72.9 Å². The van der Waals surface area contributed by atoms with Gasteiger partial charge in [0.1, 0.15) is 11.9 Å². The molecule has 2 aromatic carbocycles. The Morgan fingerprint density at radius 3 is 2.43 bits per heavy atom. The number of nitrogens with one attached hydrogen (secondary N) is 1. The van der Waals surface area contributed by atoms with Crippen LogP contribution in [0.3, 0.4) is 0 Å². The number of carbonyl (C=O) groups excluding carboxylic acids is 1. The maximum absolute atomic E-state index is 12.7. The summed E-state index contributed by atoms with van der Waals surface area (Å²) in [5, 5.41) is 17.0. The monoisotopic (exact) mass is 529 g/mol. The summed E-state index contributed by atoms with van der Waals surface area (Å²) in [6, 6.07) is 22.7. The van der Waals surface area contributed by atoms with E-state index in [4.69, 9.17) is 4.74 Å². The Labute approximate surface area is 223 Å². The maximum atomic E-state index is 12.7. The lowest BCUT2D eigenvalue weighted by molar-refractivity contribution is 0.121. The highest BCUT2D eigenvalue weighted by Crippen LogP contribution is 2.48. The molecular weight excluding hydrogens is 502 g/mol. The molecule has 0 aliphatic heterocycles. The molecule has 1 fully saturated rings. The fraction of sp³-hybridized carbons (Fsp3) is 0.241. The molecule has 1 unspecified atom stereocenters. The van der Waals surface area contributed by atoms with E-state index in [1.54, 1.807) is 40.6 Å². The second-order valence-corrected chi connectivity index (χ2v) is 11.7. The molecule has 8 heteroatoms. The van der Waals surface area contributed by atoms with Crippen LogP contribution in [0.5, 0.6) is 0 Å². The number of nitrogens with zero attached hydrogens (tertiary/aromatic N) is 2. The van der Waals surface area contributed by atoms with Crippen molar-refractivity contribution in [3.05, 3.63) is 84.1 Å². The van der Waals surface area contributed by atoms with Gasteiger partial charge in [-0.3, -0.25) is 10.00 Å². The van der Waals surface area contributed by atoms with E-state index in [2.05, 4.69) is 46.8 Å². The highest BCUT2D eigenvalue weighted by Gasteiger charge is 2.43. The molecule has 3 aromatic heterocycles. The molecule has 1 aliphatic rings. The van der Waals surface area contributed by atoms with Gasteiger partial charge < -0.3 is 9.84 Å². The maximum Gasteiger partial charge on any atom is 0.413 e. The summed E-state index contributed by atoms with van der Waals surface area (Å²) in [4.78, 5) is 14.9. The second-order valence-electron chi connectivity index (χ2n) is 9.58. The molecule has 0 radical (unpaired) electrons. The number of anilines is 1. The summed E-state index contributed by atoms with van der Waals surface area (Å²) in [6.07, 6.45) is 3.03.